The standard InChI is InChI=1S/C16H30N2O3/c1-12(2)16-14(4-7-21-16)11-17-13(3)10-15(19)18-5-8-20-9-6-18/h12-14,16-17H,4-11H2,1-3H3/t13-,14-,16-/m1/s1. The molecule has 0 unspecified atom stereocenters. The Morgan fingerprint density at radius 2 is 1.95 bits per heavy atom. The van der Waals surface area contributed by atoms with Crippen LogP contribution in [-0.2, 0) is 14.3 Å². The molecule has 0 bridgehead atoms. The van der Waals surface area contributed by atoms with E-state index >= 15 is 0 Å². The zero-order valence-corrected chi connectivity index (χ0v) is 13.6. The summed E-state index contributed by atoms with van der Waals surface area (Å²) in [7, 11) is 0. The summed E-state index contributed by atoms with van der Waals surface area (Å²) < 4.78 is 11.1. The number of hydrogen-bond acceptors (Lipinski definition) is 4. The number of nitrogens with zero attached hydrogens (tertiary/aromatic N) is 1. The van der Waals surface area contributed by atoms with Crippen molar-refractivity contribution in [2.24, 2.45) is 11.8 Å². The SMILES string of the molecule is CC(C)[C@H]1OCC[C@@H]1CN[C@H](C)CC(=O)N1CCOCC1. The maximum absolute atomic E-state index is 12.2. The van der Waals surface area contributed by atoms with Crippen LogP contribution < -0.4 is 5.32 Å². The van der Waals surface area contributed by atoms with Crippen molar-refractivity contribution in [3.63, 3.8) is 0 Å². The monoisotopic (exact) mass is 298 g/mol. The van der Waals surface area contributed by atoms with Crippen LogP contribution in [0.25, 0.3) is 0 Å². The zero-order valence-electron chi connectivity index (χ0n) is 13.6. The van der Waals surface area contributed by atoms with Gasteiger partial charge in [0.2, 0.25) is 5.91 Å². The number of hydrogen-bond donors (Lipinski definition) is 1. The van der Waals surface area contributed by atoms with Gasteiger partial charge in [0, 0.05) is 38.7 Å². The van der Waals surface area contributed by atoms with Gasteiger partial charge in [-0.25, -0.2) is 0 Å². The molecule has 5 nitrogen and oxygen atoms in total. The molecule has 5 heteroatoms. The topological polar surface area (TPSA) is 50.8 Å². The Labute approximate surface area is 128 Å². The molecule has 2 fully saturated rings. The summed E-state index contributed by atoms with van der Waals surface area (Å²) in [6.07, 6.45) is 2.06. The Morgan fingerprint density at radius 1 is 1.24 bits per heavy atom. The predicted octanol–water partition coefficient (Wildman–Crippen LogP) is 1.27. The van der Waals surface area contributed by atoms with Crippen molar-refractivity contribution in [1.29, 1.82) is 0 Å². The summed E-state index contributed by atoms with van der Waals surface area (Å²) in [6.45, 7) is 11.2. The van der Waals surface area contributed by atoms with Gasteiger partial charge in [-0.05, 0) is 25.2 Å². The molecular formula is C16H30N2O3. The molecule has 0 saturated carbocycles. The van der Waals surface area contributed by atoms with E-state index in [0.29, 0.717) is 37.6 Å². The van der Waals surface area contributed by atoms with Crippen molar-refractivity contribution in [1.82, 2.24) is 10.2 Å². The van der Waals surface area contributed by atoms with E-state index < -0.39 is 0 Å². The molecule has 122 valence electrons. The van der Waals surface area contributed by atoms with Crippen LogP contribution in [0.15, 0.2) is 0 Å². The van der Waals surface area contributed by atoms with Crippen LogP contribution in [0.5, 0.6) is 0 Å². The van der Waals surface area contributed by atoms with Crippen LogP contribution in [0.3, 0.4) is 0 Å². The summed E-state index contributed by atoms with van der Waals surface area (Å²) in [4.78, 5) is 14.1. The first kappa shape index (κ1) is 16.7. The Morgan fingerprint density at radius 3 is 2.62 bits per heavy atom. The van der Waals surface area contributed by atoms with Crippen molar-refractivity contribution in [3.05, 3.63) is 0 Å². The Bertz CT molecular complexity index is 329. The molecule has 2 aliphatic heterocycles. The van der Waals surface area contributed by atoms with E-state index in [1.54, 1.807) is 0 Å². The number of ether oxygens (including phenoxy) is 2. The highest BCUT2D eigenvalue weighted by molar-refractivity contribution is 5.76. The molecule has 0 aromatic carbocycles. The summed E-state index contributed by atoms with van der Waals surface area (Å²) in [5.74, 6) is 1.37. The Hall–Kier alpha value is -0.650. The van der Waals surface area contributed by atoms with Gasteiger partial charge in [0.25, 0.3) is 0 Å². The molecule has 2 rings (SSSR count). The van der Waals surface area contributed by atoms with Gasteiger partial charge in [0.15, 0.2) is 0 Å². The average molecular weight is 298 g/mol. The van der Waals surface area contributed by atoms with E-state index in [1.807, 2.05) is 4.90 Å². The third-order valence-corrected chi connectivity index (χ3v) is 4.49. The number of amides is 1. The maximum atomic E-state index is 12.2. The second-order valence-electron chi connectivity index (χ2n) is 6.63. The molecule has 2 aliphatic rings. The molecule has 2 saturated heterocycles. The number of nitrogens with one attached hydrogen (secondary N) is 1. The van der Waals surface area contributed by atoms with E-state index in [0.717, 1.165) is 32.7 Å². The second kappa shape index (κ2) is 8.11. The van der Waals surface area contributed by atoms with Crippen LogP contribution in [0.4, 0.5) is 0 Å². The van der Waals surface area contributed by atoms with Gasteiger partial charge in [-0.2, -0.15) is 0 Å². The number of rotatable bonds is 6. The fourth-order valence-electron chi connectivity index (χ4n) is 3.24. The van der Waals surface area contributed by atoms with Gasteiger partial charge >= 0.3 is 0 Å². The fourth-order valence-corrected chi connectivity index (χ4v) is 3.24. The third kappa shape index (κ3) is 4.94. The van der Waals surface area contributed by atoms with Crippen molar-refractivity contribution in [2.45, 2.75) is 45.8 Å². The Kier molecular flexibility index (Phi) is 6.45. The summed E-state index contributed by atoms with van der Waals surface area (Å²) in [6, 6.07) is 0.216. The average Bonchev–Trinajstić information content (AvgIpc) is 2.94. The van der Waals surface area contributed by atoms with Crippen LogP contribution in [-0.4, -0.2) is 62.4 Å². The predicted molar refractivity (Wildman–Crippen MR) is 82.2 cm³/mol. The molecule has 1 amide bonds. The zero-order chi connectivity index (χ0) is 15.2. The highest BCUT2D eigenvalue weighted by atomic mass is 16.5. The van der Waals surface area contributed by atoms with Gasteiger partial charge < -0.3 is 19.7 Å². The number of morpholine rings is 1. The van der Waals surface area contributed by atoms with E-state index in [4.69, 9.17) is 9.47 Å². The normalized spacial score (nSPS) is 28.1. The molecule has 0 aromatic heterocycles. The minimum absolute atomic E-state index is 0.216. The lowest BCUT2D eigenvalue weighted by atomic mass is 9.93. The van der Waals surface area contributed by atoms with Crippen LogP contribution in [0.1, 0.15) is 33.6 Å². The van der Waals surface area contributed by atoms with Crippen molar-refractivity contribution >= 4 is 5.91 Å². The van der Waals surface area contributed by atoms with Crippen molar-refractivity contribution < 1.29 is 14.3 Å². The first-order valence-electron chi connectivity index (χ1n) is 8.28. The minimum Gasteiger partial charge on any atom is -0.378 e. The highest BCUT2D eigenvalue weighted by Gasteiger charge is 2.30. The molecule has 0 aromatic rings. The number of carbonyl (C=O) groups is 1. The molecular weight excluding hydrogens is 268 g/mol. The first-order chi connectivity index (χ1) is 10.1. The summed E-state index contributed by atoms with van der Waals surface area (Å²) >= 11 is 0. The smallest absolute Gasteiger partial charge is 0.224 e. The lowest BCUT2D eigenvalue weighted by molar-refractivity contribution is -0.135. The molecule has 2 heterocycles. The molecule has 0 radical (unpaired) electrons. The van der Waals surface area contributed by atoms with Crippen molar-refractivity contribution in [2.75, 3.05) is 39.5 Å². The summed E-state index contributed by atoms with van der Waals surface area (Å²) in [5.41, 5.74) is 0. The van der Waals surface area contributed by atoms with E-state index in [9.17, 15) is 4.79 Å². The molecule has 1 N–H and O–H groups in total. The van der Waals surface area contributed by atoms with Crippen LogP contribution in [0.2, 0.25) is 0 Å². The second-order valence-corrected chi connectivity index (χ2v) is 6.63. The van der Waals surface area contributed by atoms with Gasteiger partial charge in [-0.1, -0.05) is 13.8 Å². The maximum Gasteiger partial charge on any atom is 0.224 e. The lowest BCUT2D eigenvalue weighted by Gasteiger charge is -2.28. The van der Waals surface area contributed by atoms with E-state index in [-0.39, 0.29) is 11.9 Å². The third-order valence-electron chi connectivity index (χ3n) is 4.49. The Balaban J connectivity index is 1.69. The van der Waals surface area contributed by atoms with Crippen molar-refractivity contribution in [3.8, 4) is 0 Å². The molecule has 0 aliphatic carbocycles. The van der Waals surface area contributed by atoms with Crippen LogP contribution >= 0.6 is 0 Å². The van der Waals surface area contributed by atoms with E-state index in [1.165, 1.54) is 0 Å². The quantitative estimate of drug-likeness (QED) is 0.802. The molecule has 21 heavy (non-hydrogen) atoms. The first-order valence-corrected chi connectivity index (χ1v) is 8.28. The highest BCUT2D eigenvalue weighted by Crippen LogP contribution is 2.26. The minimum atomic E-state index is 0.216. The molecule has 0 spiro atoms. The fraction of sp³-hybridized carbons (Fsp3) is 0.938. The summed E-state index contributed by atoms with van der Waals surface area (Å²) in [5, 5.41) is 3.52. The van der Waals surface area contributed by atoms with Gasteiger partial charge in [0.1, 0.15) is 0 Å². The largest absolute Gasteiger partial charge is 0.378 e. The van der Waals surface area contributed by atoms with E-state index in [2.05, 4.69) is 26.1 Å². The van der Waals surface area contributed by atoms with Gasteiger partial charge in [-0.15, -0.1) is 0 Å². The lowest BCUT2D eigenvalue weighted by Crippen LogP contribution is -2.44. The van der Waals surface area contributed by atoms with Gasteiger partial charge in [-0.3, -0.25) is 4.79 Å². The molecule has 3 atom stereocenters. The van der Waals surface area contributed by atoms with Gasteiger partial charge in [0.05, 0.1) is 19.3 Å². The number of carbonyl (C=O) groups excluding carboxylic acids is 1. The van der Waals surface area contributed by atoms with Crippen LogP contribution in [0, 0.1) is 11.8 Å².